The predicted molar refractivity (Wildman–Crippen MR) is 68.9 cm³/mol. The highest BCUT2D eigenvalue weighted by Gasteiger charge is 2.37. The quantitative estimate of drug-likeness (QED) is 0.758. The van der Waals surface area contributed by atoms with Crippen LogP contribution in [0.4, 0.5) is 0 Å². The third-order valence-electron chi connectivity index (χ3n) is 3.37. The lowest BCUT2D eigenvalue weighted by Gasteiger charge is -2.25. The van der Waals surface area contributed by atoms with E-state index in [4.69, 9.17) is 14.3 Å². The molecule has 0 aliphatic carbocycles. The van der Waals surface area contributed by atoms with Gasteiger partial charge in [-0.1, -0.05) is 0 Å². The maximum absolute atomic E-state index is 11.8. The van der Waals surface area contributed by atoms with Crippen LogP contribution in [0.25, 0.3) is 0 Å². The summed E-state index contributed by atoms with van der Waals surface area (Å²) < 4.78 is 10.3. The molecule has 2 N–H and O–H groups in total. The van der Waals surface area contributed by atoms with E-state index in [0.717, 1.165) is 0 Å². The number of amides is 1. The van der Waals surface area contributed by atoms with Gasteiger partial charge in [0.05, 0.1) is 38.5 Å². The zero-order valence-electron chi connectivity index (χ0n) is 11.2. The Balaban J connectivity index is 1.79. The lowest BCUT2D eigenvalue weighted by atomic mass is 10.0. The maximum atomic E-state index is 11.8. The lowest BCUT2D eigenvalue weighted by molar-refractivity contribution is -0.143. The van der Waals surface area contributed by atoms with Crippen LogP contribution in [0, 0.1) is 5.92 Å². The molecular weight excluding hydrogens is 264 g/mol. The van der Waals surface area contributed by atoms with E-state index in [-0.39, 0.29) is 25.1 Å². The van der Waals surface area contributed by atoms with E-state index < -0.39 is 11.9 Å². The van der Waals surface area contributed by atoms with Gasteiger partial charge in [-0.05, 0) is 19.2 Å². The second-order valence-electron chi connectivity index (χ2n) is 4.82. The minimum Gasteiger partial charge on any atom is -0.481 e. The first-order chi connectivity index (χ1) is 9.58. The molecule has 20 heavy (non-hydrogen) atoms. The molecule has 2 heterocycles. The summed E-state index contributed by atoms with van der Waals surface area (Å²) in [6, 6.07) is 3.25. The molecule has 1 fully saturated rings. The third-order valence-corrected chi connectivity index (χ3v) is 3.37. The molecule has 1 amide bonds. The number of carbonyl (C=O) groups is 2. The van der Waals surface area contributed by atoms with Gasteiger partial charge in [-0.2, -0.15) is 0 Å². The van der Waals surface area contributed by atoms with Crippen molar-refractivity contribution in [3.63, 3.8) is 0 Å². The van der Waals surface area contributed by atoms with Crippen LogP contribution in [-0.2, 0) is 20.9 Å². The number of furan rings is 1. The van der Waals surface area contributed by atoms with E-state index in [0.29, 0.717) is 18.9 Å². The number of hydrogen-bond donors (Lipinski definition) is 2. The molecule has 2 unspecified atom stereocenters. The fourth-order valence-electron chi connectivity index (χ4n) is 2.21. The topological polar surface area (TPSA) is 92.0 Å². The SMILES string of the molecule is CN(CC(=O)NCc1ccco1)C1COCC1C(=O)O. The highest BCUT2D eigenvalue weighted by Crippen LogP contribution is 2.18. The van der Waals surface area contributed by atoms with Crippen molar-refractivity contribution in [3.05, 3.63) is 24.2 Å². The van der Waals surface area contributed by atoms with E-state index in [9.17, 15) is 9.59 Å². The van der Waals surface area contributed by atoms with E-state index in [2.05, 4.69) is 5.32 Å². The molecule has 0 spiro atoms. The largest absolute Gasteiger partial charge is 0.481 e. The third kappa shape index (κ3) is 3.58. The Morgan fingerprint density at radius 2 is 2.30 bits per heavy atom. The van der Waals surface area contributed by atoms with Gasteiger partial charge in [-0.15, -0.1) is 0 Å². The zero-order valence-corrected chi connectivity index (χ0v) is 11.2. The smallest absolute Gasteiger partial charge is 0.310 e. The summed E-state index contributed by atoms with van der Waals surface area (Å²) in [4.78, 5) is 24.6. The highest BCUT2D eigenvalue weighted by molar-refractivity contribution is 5.78. The lowest BCUT2D eigenvalue weighted by Crippen LogP contribution is -2.45. The summed E-state index contributed by atoms with van der Waals surface area (Å²) in [6.07, 6.45) is 1.54. The molecular formula is C13H18N2O5. The van der Waals surface area contributed by atoms with Crippen molar-refractivity contribution in [1.29, 1.82) is 0 Å². The van der Waals surface area contributed by atoms with Crippen LogP contribution in [0.1, 0.15) is 5.76 Å². The van der Waals surface area contributed by atoms with Crippen LogP contribution in [0.2, 0.25) is 0 Å². The molecule has 2 rings (SSSR count). The van der Waals surface area contributed by atoms with Crippen molar-refractivity contribution in [2.24, 2.45) is 5.92 Å². The Bertz CT molecular complexity index is 459. The van der Waals surface area contributed by atoms with Crippen LogP contribution >= 0.6 is 0 Å². The van der Waals surface area contributed by atoms with Gasteiger partial charge in [0.2, 0.25) is 5.91 Å². The van der Waals surface area contributed by atoms with Crippen LogP contribution < -0.4 is 5.32 Å². The Morgan fingerprint density at radius 1 is 1.50 bits per heavy atom. The summed E-state index contributed by atoms with van der Waals surface area (Å²) in [5.41, 5.74) is 0. The van der Waals surface area contributed by atoms with Crippen LogP contribution in [0.5, 0.6) is 0 Å². The monoisotopic (exact) mass is 282 g/mol. The first kappa shape index (κ1) is 14.5. The number of aliphatic carboxylic acids is 1. The van der Waals surface area contributed by atoms with Crippen LogP contribution in [-0.4, -0.2) is 54.7 Å². The molecule has 1 saturated heterocycles. The van der Waals surface area contributed by atoms with E-state index in [1.807, 2.05) is 0 Å². The van der Waals surface area contributed by atoms with Crippen molar-refractivity contribution in [2.75, 3.05) is 26.8 Å². The van der Waals surface area contributed by atoms with E-state index in [1.165, 1.54) is 0 Å². The highest BCUT2D eigenvalue weighted by atomic mass is 16.5. The average molecular weight is 282 g/mol. The van der Waals surface area contributed by atoms with Gasteiger partial charge in [-0.25, -0.2) is 0 Å². The van der Waals surface area contributed by atoms with E-state index in [1.54, 1.807) is 30.3 Å². The number of nitrogens with zero attached hydrogens (tertiary/aromatic N) is 1. The average Bonchev–Trinajstić information content (AvgIpc) is 3.07. The summed E-state index contributed by atoms with van der Waals surface area (Å²) in [6.45, 7) is 0.971. The predicted octanol–water partition coefficient (Wildman–Crippen LogP) is -0.0728. The van der Waals surface area contributed by atoms with Gasteiger partial charge in [-0.3, -0.25) is 14.5 Å². The summed E-state index contributed by atoms with van der Waals surface area (Å²) >= 11 is 0. The van der Waals surface area contributed by atoms with Crippen LogP contribution in [0.15, 0.2) is 22.8 Å². The Kier molecular flexibility index (Phi) is 4.75. The number of carboxylic acid groups (broad SMARTS) is 1. The molecule has 1 aliphatic heterocycles. The minimum absolute atomic E-state index is 0.124. The molecule has 0 saturated carbocycles. The standard InChI is InChI=1S/C13H18N2O5/c1-15(11-8-19-7-10(11)13(17)18)6-12(16)14-5-9-3-2-4-20-9/h2-4,10-11H,5-8H2,1H3,(H,14,16)(H,17,18). The Hall–Kier alpha value is -1.86. The molecule has 7 nitrogen and oxygen atoms in total. The van der Waals surface area contributed by atoms with E-state index >= 15 is 0 Å². The van der Waals surface area contributed by atoms with Crippen molar-refractivity contribution in [1.82, 2.24) is 10.2 Å². The molecule has 110 valence electrons. The van der Waals surface area contributed by atoms with Crippen molar-refractivity contribution in [2.45, 2.75) is 12.6 Å². The molecule has 2 atom stereocenters. The number of ether oxygens (including phenoxy) is 1. The van der Waals surface area contributed by atoms with Crippen LogP contribution in [0.3, 0.4) is 0 Å². The van der Waals surface area contributed by atoms with Crippen molar-refractivity contribution < 1.29 is 23.8 Å². The second kappa shape index (κ2) is 6.53. The molecule has 1 aromatic heterocycles. The normalized spacial score (nSPS) is 22.1. The van der Waals surface area contributed by atoms with Crippen molar-refractivity contribution in [3.8, 4) is 0 Å². The summed E-state index contributed by atoms with van der Waals surface area (Å²) in [5.74, 6) is -0.984. The number of carbonyl (C=O) groups excluding carboxylic acids is 1. The van der Waals surface area contributed by atoms with Gasteiger partial charge in [0.1, 0.15) is 5.76 Å². The first-order valence-electron chi connectivity index (χ1n) is 6.38. The molecule has 7 heteroatoms. The zero-order chi connectivity index (χ0) is 14.5. The number of carboxylic acids is 1. The number of likely N-dealkylation sites (N-methyl/N-ethyl adjacent to an activating group) is 1. The molecule has 1 aliphatic rings. The second-order valence-corrected chi connectivity index (χ2v) is 4.82. The van der Waals surface area contributed by atoms with Crippen molar-refractivity contribution >= 4 is 11.9 Å². The molecule has 0 bridgehead atoms. The maximum Gasteiger partial charge on any atom is 0.310 e. The van der Waals surface area contributed by atoms with Gasteiger partial charge in [0.15, 0.2) is 0 Å². The van der Waals surface area contributed by atoms with Gasteiger partial charge >= 0.3 is 5.97 Å². The minimum atomic E-state index is -0.893. The fraction of sp³-hybridized carbons (Fsp3) is 0.538. The number of rotatable bonds is 6. The van der Waals surface area contributed by atoms with Gasteiger partial charge in [0.25, 0.3) is 0 Å². The first-order valence-corrected chi connectivity index (χ1v) is 6.38. The Labute approximate surface area is 116 Å². The molecule has 0 radical (unpaired) electrons. The number of hydrogen-bond acceptors (Lipinski definition) is 5. The summed E-state index contributed by atoms with van der Waals surface area (Å²) in [5, 5.41) is 11.8. The van der Waals surface area contributed by atoms with Gasteiger partial charge in [0, 0.05) is 6.04 Å². The molecule has 1 aromatic rings. The summed E-state index contributed by atoms with van der Waals surface area (Å²) in [7, 11) is 1.72. The molecule has 0 aromatic carbocycles. The number of nitrogens with one attached hydrogen (secondary N) is 1. The van der Waals surface area contributed by atoms with Gasteiger partial charge < -0.3 is 19.6 Å². The fourth-order valence-corrected chi connectivity index (χ4v) is 2.21. The Morgan fingerprint density at radius 3 is 2.95 bits per heavy atom.